The van der Waals surface area contributed by atoms with Crippen molar-refractivity contribution in [3.63, 3.8) is 0 Å². The standard InChI is InChI=1S/C11H15N3O4S.Na/c1-7-5-9(19(16,17)18)3-4-10(7)14-13-8(2)6-11(12)15;/h3-5,14H,6H2,1-2H3,(H2,12,15)(H,16,17,18);/q;+1/p-1/b13-8-;. The fourth-order valence-corrected chi connectivity index (χ4v) is 1.92. The fraction of sp³-hybridized carbons (Fsp3) is 0.273. The second-order valence-corrected chi connectivity index (χ2v) is 5.43. The predicted octanol–water partition coefficient (Wildman–Crippen LogP) is -2.24. The van der Waals surface area contributed by atoms with Crippen LogP contribution in [0.15, 0.2) is 28.2 Å². The Balaban J connectivity index is 0.00000361. The minimum atomic E-state index is -4.22. The molecule has 0 aliphatic rings. The zero-order valence-corrected chi connectivity index (χ0v) is 14.3. The van der Waals surface area contributed by atoms with Crippen molar-refractivity contribution in [2.75, 3.05) is 5.43 Å². The first-order valence-electron chi connectivity index (χ1n) is 5.32. The number of hydrogen-bond acceptors (Lipinski definition) is 6. The summed E-state index contributed by atoms with van der Waals surface area (Å²) in [4.78, 5) is -0.197. The van der Waals surface area contributed by atoms with E-state index in [9.17, 15) is 13.5 Å². The molecule has 7 nitrogen and oxygen atoms in total. The van der Waals surface area contributed by atoms with E-state index < -0.39 is 16.0 Å². The summed E-state index contributed by atoms with van der Waals surface area (Å²) in [5, 5.41) is 21.2. The largest absolute Gasteiger partial charge is 1.00 e. The molecule has 0 heterocycles. The van der Waals surface area contributed by atoms with Gasteiger partial charge in [0, 0.05) is 12.1 Å². The maximum absolute atomic E-state index is 10.9. The Morgan fingerprint density at radius 3 is 2.55 bits per heavy atom. The minimum Gasteiger partial charge on any atom is -0.862 e. The smallest absolute Gasteiger partial charge is 0.862 e. The average Bonchev–Trinajstić information content (AvgIpc) is 2.25. The number of aryl methyl sites for hydroxylation is 1. The van der Waals surface area contributed by atoms with E-state index in [-0.39, 0.29) is 40.9 Å². The Morgan fingerprint density at radius 2 is 2.10 bits per heavy atom. The van der Waals surface area contributed by atoms with Gasteiger partial charge in [-0.3, -0.25) is 9.98 Å². The van der Waals surface area contributed by atoms with Crippen molar-refractivity contribution in [2.24, 2.45) is 5.10 Å². The zero-order chi connectivity index (χ0) is 14.6. The van der Waals surface area contributed by atoms with Crippen LogP contribution in [0.5, 0.6) is 0 Å². The third-order valence-electron chi connectivity index (χ3n) is 2.28. The second-order valence-electron chi connectivity index (χ2n) is 4.01. The fourth-order valence-electron chi connectivity index (χ4n) is 1.35. The summed E-state index contributed by atoms with van der Waals surface area (Å²) in [5.74, 6) is -0.735. The molecule has 0 spiro atoms. The third kappa shape index (κ3) is 6.02. The first kappa shape index (κ1) is 19.1. The Kier molecular flexibility index (Phi) is 7.39. The minimum absolute atomic E-state index is 0. The van der Waals surface area contributed by atoms with Gasteiger partial charge >= 0.3 is 29.6 Å². The van der Waals surface area contributed by atoms with Gasteiger partial charge in [-0.1, -0.05) is 0 Å². The number of rotatable bonds is 5. The molecule has 1 rings (SSSR count). The van der Waals surface area contributed by atoms with Crippen LogP contribution in [0, 0.1) is 12.3 Å². The summed E-state index contributed by atoms with van der Waals surface area (Å²) in [5.41, 5.74) is 4.23. The Morgan fingerprint density at radius 1 is 1.50 bits per heavy atom. The van der Waals surface area contributed by atoms with Crippen molar-refractivity contribution >= 4 is 27.4 Å². The molecular weight excluding hydrogens is 293 g/mol. The number of anilines is 1. The summed E-state index contributed by atoms with van der Waals surface area (Å²) in [6.45, 7) is 3.25. The van der Waals surface area contributed by atoms with Crippen molar-refractivity contribution in [1.29, 1.82) is 5.41 Å². The van der Waals surface area contributed by atoms with Crippen LogP contribution in [0.1, 0.15) is 18.9 Å². The number of nitrogens with one attached hydrogen (secondary N) is 2. The summed E-state index contributed by atoms with van der Waals surface area (Å²) < 4.78 is 30.8. The molecule has 0 aliphatic carbocycles. The van der Waals surface area contributed by atoms with E-state index in [4.69, 9.17) is 9.96 Å². The monoisotopic (exact) mass is 307 g/mol. The van der Waals surface area contributed by atoms with E-state index in [2.05, 4.69) is 10.5 Å². The molecule has 20 heavy (non-hydrogen) atoms. The van der Waals surface area contributed by atoms with E-state index in [0.717, 1.165) is 0 Å². The Hall–Kier alpha value is -0.930. The maximum Gasteiger partial charge on any atom is 1.00 e. The maximum atomic E-state index is 10.9. The zero-order valence-electron chi connectivity index (χ0n) is 11.5. The molecule has 0 unspecified atom stereocenters. The number of nitrogens with zero attached hydrogens (tertiary/aromatic N) is 1. The van der Waals surface area contributed by atoms with Gasteiger partial charge in [0.25, 0.3) is 10.1 Å². The van der Waals surface area contributed by atoms with Crippen molar-refractivity contribution in [3.8, 4) is 0 Å². The van der Waals surface area contributed by atoms with Gasteiger partial charge in [-0.2, -0.15) is 13.5 Å². The van der Waals surface area contributed by atoms with Crippen LogP contribution in [0.25, 0.3) is 0 Å². The molecule has 0 amide bonds. The number of hydrogen-bond donors (Lipinski definition) is 3. The topological polar surface area (TPSA) is 126 Å². The first-order chi connectivity index (χ1) is 8.70. The number of benzene rings is 1. The average molecular weight is 307 g/mol. The molecule has 0 bridgehead atoms. The van der Waals surface area contributed by atoms with Crippen LogP contribution in [0.4, 0.5) is 5.69 Å². The van der Waals surface area contributed by atoms with E-state index in [1.54, 1.807) is 13.8 Å². The third-order valence-corrected chi connectivity index (χ3v) is 3.13. The van der Waals surface area contributed by atoms with E-state index in [1.807, 2.05) is 0 Å². The summed E-state index contributed by atoms with van der Waals surface area (Å²) in [6.07, 6.45) is -0.0743. The van der Waals surface area contributed by atoms with Gasteiger partial charge in [0.2, 0.25) is 0 Å². The molecule has 0 aliphatic heterocycles. The molecule has 0 fully saturated rings. The molecule has 0 aromatic heterocycles. The first-order valence-corrected chi connectivity index (χ1v) is 6.76. The predicted molar refractivity (Wildman–Crippen MR) is 70.1 cm³/mol. The molecule has 9 heteroatoms. The van der Waals surface area contributed by atoms with Crippen molar-refractivity contribution in [2.45, 2.75) is 25.2 Å². The molecule has 0 atom stereocenters. The van der Waals surface area contributed by atoms with Crippen molar-refractivity contribution < 1.29 is 47.6 Å². The SMILES string of the molecule is C/C(CC(=N)[O-])=N/Nc1ccc(S(=O)(=O)O)cc1C.[Na+]. The molecule has 1 aromatic rings. The van der Waals surface area contributed by atoms with Crippen LogP contribution in [0.2, 0.25) is 0 Å². The summed E-state index contributed by atoms with van der Waals surface area (Å²) in [7, 11) is -4.22. The molecule has 104 valence electrons. The van der Waals surface area contributed by atoms with Crippen molar-refractivity contribution in [1.82, 2.24) is 0 Å². The quantitative estimate of drug-likeness (QED) is 0.186. The van der Waals surface area contributed by atoms with Gasteiger partial charge in [0.05, 0.1) is 10.6 Å². The molecule has 1 aromatic carbocycles. The van der Waals surface area contributed by atoms with Gasteiger partial charge in [-0.25, -0.2) is 0 Å². The van der Waals surface area contributed by atoms with Gasteiger partial charge < -0.3 is 10.5 Å². The van der Waals surface area contributed by atoms with E-state index >= 15 is 0 Å². The summed E-state index contributed by atoms with van der Waals surface area (Å²) >= 11 is 0. The van der Waals surface area contributed by atoms with Crippen molar-refractivity contribution in [3.05, 3.63) is 23.8 Å². The van der Waals surface area contributed by atoms with Crippen LogP contribution in [-0.4, -0.2) is 24.6 Å². The molecule has 3 N–H and O–H groups in total. The molecule has 0 saturated heterocycles. The van der Waals surface area contributed by atoms with Gasteiger partial charge in [0.15, 0.2) is 0 Å². The van der Waals surface area contributed by atoms with Gasteiger partial charge in [-0.05, 0) is 43.5 Å². The molecule has 0 saturated carbocycles. The second kappa shape index (κ2) is 7.75. The Bertz CT molecular complexity index is 629. The van der Waals surface area contributed by atoms with Crippen LogP contribution >= 0.6 is 0 Å². The van der Waals surface area contributed by atoms with Crippen LogP contribution in [0.3, 0.4) is 0 Å². The summed E-state index contributed by atoms with van der Waals surface area (Å²) in [6, 6.07) is 4.00. The molecular formula is C11H14N3NaO4S. The van der Waals surface area contributed by atoms with E-state index in [1.165, 1.54) is 18.2 Å². The number of hydrazone groups is 1. The van der Waals surface area contributed by atoms with Crippen LogP contribution < -0.4 is 40.1 Å². The normalized spacial score (nSPS) is 11.7. The van der Waals surface area contributed by atoms with E-state index in [0.29, 0.717) is 17.0 Å². The molecule has 0 radical (unpaired) electrons. The van der Waals surface area contributed by atoms with Gasteiger partial charge in [0.1, 0.15) is 0 Å². The van der Waals surface area contributed by atoms with Crippen LogP contribution in [-0.2, 0) is 10.1 Å². The Labute approximate surface area is 139 Å². The van der Waals surface area contributed by atoms with Gasteiger partial charge in [-0.15, -0.1) is 0 Å².